The molecule has 1 aliphatic carbocycles. The Morgan fingerprint density at radius 1 is 1.25 bits per heavy atom. The number of nitrogens with one attached hydrogen (secondary N) is 1. The molecule has 2 unspecified atom stereocenters. The van der Waals surface area contributed by atoms with Gasteiger partial charge in [0.1, 0.15) is 0 Å². The first-order chi connectivity index (χ1) is 7.83. The number of rotatable bonds is 5. The van der Waals surface area contributed by atoms with E-state index in [9.17, 15) is 0 Å². The molecule has 1 nitrogen and oxygen atoms in total. The van der Waals surface area contributed by atoms with Gasteiger partial charge in [-0.25, -0.2) is 0 Å². The second-order valence-electron chi connectivity index (χ2n) is 5.00. The van der Waals surface area contributed by atoms with Gasteiger partial charge in [0.25, 0.3) is 0 Å². The molecule has 1 fully saturated rings. The lowest BCUT2D eigenvalue weighted by Crippen LogP contribution is -2.34. The highest BCUT2D eigenvalue weighted by Gasteiger charge is 2.32. The zero-order valence-corrected chi connectivity index (χ0v) is 10.5. The smallest absolute Gasteiger partial charge is 0.00147 e. The van der Waals surface area contributed by atoms with Crippen LogP contribution in [-0.4, -0.2) is 13.1 Å². The van der Waals surface area contributed by atoms with Crippen LogP contribution in [0.2, 0.25) is 0 Å². The van der Waals surface area contributed by atoms with Gasteiger partial charge in [0.2, 0.25) is 0 Å². The fourth-order valence-corrected chi connectivity index (χ4v) is 2.69. The Morgan fingerprint density at radius 3 is 2.69 bits per heavy atom. The lowest BCUT2D eigenvalue weighted by molar-refractivity contribution is 0.245. The van der Waals surface area contributed by atoms with Gasteiger partial charge in [-0.1, -0.05) is 31.2 Å². The number of hydrogen-bond donors (Lipinski definition) is 1. The lowest BCUT2D eigenvalue weighted by atomic mass is 9.69. The van der Waals surface area contributed by atoms with Gasteiger partial charge in [-0.3, -0.25) is 0 Å². The zero-order valence-electron chi connectivity index (χ0n) is 10.5. The van der Waals surface area contributed by atoms with Gasteiger partial charge in [-0.2, -0.15) is 0 Å². The Kier molecular flexibility index (Phi) is 4.00. The summed E-state index contributed by atoms with van der Waals surface area (Å²) >= 11 is 0. The molecule has 0 amide bonds. The van der Waals surface area contributed by atoms with E-state index in [2.05, 4.69) is 43.4 Å². The highest BCUT2D eigenvalue weighted by molar-refractivity contribution is 5.31. The van der Waals surface area contributed by atoms with E-state index in [-0.39, 0.29) is 0 Å². The van der Waals surface area contributed by atoms with Crippen LogP contribution in [0, 0.1) is 12.8 Å². The van der Waals surface area contributed by atoms with Gasteiger partial charge in [0.05, 0.1) is 0 Å². The second-order valence-corrected chi connectivity index (χ2v) is 5.00. The molecule has 1 aliphatic rings. The van der Waals surface area contributed by atoms with Crippen LogP contribution < -0.4 is 5.32 Å². The molecule has 0 aliphatic heterocycles. The molecule has 0 radical (unpaired) electrons. The molecule has 2 atom stereocenters. The maximum Gasteiger partial charge on any atom is -0.00147 e. The SMILES string of the molecule is CCCNCC1CCC1c1ccccc1C. The number of hydrogen-bond acceptors (Lipinski definition) is 1. The third-order valence-corrected chi connectivity index (χ3v) is 3.84. The van der Waals surface area contributed by atoms with Gasteiger partial charge in [-0.15, -0.1) is 0 Å². The fourth-order valence-electron chi connectivity index (χ4n) is 2.69. The first-order valence-corrected chi connectivity index (χ1v) is 6.59. The molecule has 0 spiro atoms. The van der Waals surface area contributed by atoms with Crippen molar-refractivity contribution in [2.75, 3.05) is 13.1 Å². The maximum absolute atomic E-state index is 3.56. The standard InChI is InChI=1S/C15H23N/c1-3-10-16-11-13-8-9-15(13)14-7-5-4-6-12(14)2/h4-7,13,15-16H,3,8-11H2,1-2H3. The maximum atomic E-state index is 3.56. The van der Waals surface area contributed by atoms with Crippen molar-refractivity contribution < 1.29 is 0 Å². The van der Waals surface area contributed by atoms with Crippen LogP contribution in [0.5, 0.6) is 0 Å². The van der Waals surface area contributed by atoms with Crippen molar-refractivity contribution in [3.05, 3.63) is 35.4 Å². The molecule has 2 rings (SSSR count). The van der Waals surface area contributed by atoms with E-state index < -0.39 is 0 Å². The van der Waals surface area contributed by atoms with Crippen LogP contribution in [0.4, 0.5) is 0 Å². The molecule has 0 saturated heterocycles. The summed E-state index contributed by atoms with van der Waals surface area (Å²) < 4.78 is 0. The first-order valence-electron chi connectivity index (χ1n) is 6.59. The van der Waals surface area contributed by atoms with Gasteiger partial charge in [0.15, 0.2) is 0 Å². The van der Waals surface area contributed by atoms with Crippen LogP contribution in [-0.2, 0) is 0 Å². The molecule has 1 aromatic carbocycles. The molecule has 88 valence electrons. The fraction of sp³-hybridized carbons (Fsp3) is 0.600. The van der Waals surface area contributed by atoms with Crippen molar-refractivity contribution in [1.82, 2.24) is 5.32 Å². The highest BCUT2D eigenvalue weighted by Crippen LogP contribution is 2.43. The predicted molar refractivity (Wildman–Crippen MR) is 69.8 cm³/mol. The van der Waals surface area contributed by atoms with Crippen molar-refractivity contribution in [2.45, 2.75) is 39.0 Å². The summed E-state index contributed by atoms with van der Waals surface area (Å²) in [6, 6.07) is 8.87. The van der Waals surface area contributed by atoms with Crippen LogP contribution >= 0.6 is 0 Å². The van der Waals surface area contributed by atoms with E-state index in [0.717, 1.165) is 18.4 Å². The molecule has 1 heteroatoms. The van der Waals surface area contributed by atoms with E-state index in [1.54, 1.807) is 5.56 Å². The van der Waals surface area contributed by atoms with Gasteiger partial charge >= 0.3 is 0 Å². The Balaban J connectivity index is 1.93. The largest absolute Gasteiger partial charge is 0.316 e. The van der Waals surface area contributed by atoms with Crippen molar-refractivity contribution in [1.29, 1.82) is 0 Å². The monoisotopic (exact) mass is 217 g/mol. The van der Waals surface area contributed by atoms with E-state index in [4.69, 9.17) is 0 Å². The number of benzene rings is 1. The molecule has 16 heavy (non-hydrogen) atoms. The van der Waals surface area contributed by atoms with Crippen LogP contribution in [0.3, 0.4) is 0 Å². The van der Waals surface area contributed by atoms with E-state index >= 15 is 0 Å². The summed E-state index contributed by atoms with van der Waals surface area (Å²) in [4.78, 5) is 0. The number of aryl methyl sites for hydroxylation is 1. The molecule has 0 bridgehead atoms. The summed E-state index contributed by atoms with van der Waals surface area (Å²) in [5, 5.41) is 3.56. The average Bonchev–Trinajstić information content (AvgIpc) is 2.26. The van der Waals surface area contributed by atoms with Gasteiger partial charge in [-0.05, 0) is 62.2 Å². The quantitative estimate of drug-likeness (QED) is 0.744. The molecule has 0 aromatic heterocycles. The second kappa shape index (κ2) is 5.49. The Bertz CT molecular complexity index is 332. The lowest BCUT2D eigenvalue weighted by Gasteiger charge is -2.38. The molecular formula is C15H23N. The van der Waals surface area contributed by atoms with Crippen molar-refractivity contribution in [3.63, 3.8) is 0 Å². The van der Waals surface area contributed by atoms with Crippen molar-refractivity contribution in [2.24, 2.45) is 5.92 Å². The van der Waals surface area contributed by atoms with Gasteiger partial charge in [0, 0.05) is 0 Å². The normalized spacial score (nSPS) is 24.1. The topological polar surface area (TPSA) is 12.0 Å². The van der Waals surface area contributed by atoms with E-state index in [1.165, 1.54) is 31.4 Å². The Morgan fingerprint density at radius 2 is 2.06 bits per heavy atom. The third kappa shape index (κ3) is 2.46. The van der Waals surface area contributed by atoms with Crippen LogP contribution in [0.15, 0.2) is 24.3 Å². The van der Waals surface area contributed by atoms with Gasteiger partial charge < -0.3 is 5.32 Å². The summed E-state index contributed by atoms with van der Waals surface area (Å²) in [7, 11) is 0. The van der Waals surface area contributed by atoms with Crippen LogP contribution in [0.1, 0.15) is 43.2 Å². The van der Waals surface area contributed by atoms with E-state index in [1.807, 2.05) is 0 Å². The Labute approximate surface area is 99.3 Å². The minimum Gasteiger partial charge on any atom is -0.316 e. The first kappa shape index (κ1) is 11.7. The molecule has 0 heterocycles. The Hall–Kier alpha value is -0.820. The average molecular weight is 217 g/mol. The molecule has 1 N–H and O–H groups in total. The minimum absolute atomic E-state index is 0.811. The van der Waals surface area contributed by atoms with Crippen molar-refractivity contribution >= 4 is 0 Å². The zero-order chi connectivity index (χ0) is 11.4. The predicted octanol–water partition coefficient (Wildman–Crippen LogP) is 3.49. The van der Waals surface area contributed by atoms with E-state index in [0.29, 0.717) is 0 Å². The molecular weight excluding hydrogens is 194 g/mol. The van der Waals surface area contributed by atoms with Crippen LogP contribution in [0.25, 0.3) is 0 Å². The summed E-state index contributed by atoms with van der Waals surface area (Å²) in [6.07, 6.45) is 4.01. The summed E-state index contributed by atoms with van der Waals surface area (Å²) in [5.74, 6) is 1.68. The highest BCUT2D eigenvalue weighted by atomic mass is 14.9. The van der Waals surface area contributed by atoms with Crippen molar-refractivity contribution in [3.8, 4) is 0 Å². The molecule has 1 aromatic rings. The summed E-state index contributed by atoms with van der Waals surface area (Å²) in [6.45, 7) is 6.83. The third-order valence-electron chi connectivity index (χ3n) is 3.84. The summed E-state index contributed by atoms with van der Waals surface area (Å²) in [5.41, 5.74) is 3.05. The molecule has 1 saturated carbocycles. The minimum atomic E-state index is 0.811.